The Balaban J connectivity index is 1.79. The summed E-state index contributed by atoms with van der Waals surface area (Å²) < 4.78 is 19.8. The number of carboxylic acid groups (broad SMARTS) is 1. The van der Waals surface area contributed by atoms with E-state index in [1.807, 2.05) is 30.3 Å². The van der Waals surface area contributed by atoms with E-state index in [2.05, 4.69) is 0 Å². The number of carboxylic acids is 1. The first-order valence-electron chi connectivity index (χ1n) is 7.07. The Kier molecular flexibility index (Phi) is 3.92. The van der Waals surface area contributed by atoms with Crippen LogP contribution in [0.5, 0.6) is 5.75 Å². The summed E-state index contributed by atoms with van der Waals surface area (Å²) in [5.41, 5.74) is 2.05. The van der Waals surface area contributed by atoms with Crippen molar-refractivity contribution in [1.29, 1.82) is 0 Å². The van der Waals surface area contributed by atoms with Gasteiger partial charge >= 0.3 is 5.97 Å². The van der Waals surface area contributed by atoms with Gasteiger partial charge in [0, 0.05) is 5.56 Å². The molecule has 0 radical (unpaired) electrons. The maximum atomic E-state index is 14.1. The van der Waals surface area contributed by atoms with Crippen LogP contribution in [0, 0.1) is 0 Å². The van der Waals surface area contributed by atoms with Crippen LogP contribution in [0.3, 0.4) is 0 Å². The number of halogens is 1. The van der Waals surface area contributed by atoms with Crippen molar-refractivity contribution in [3.63, 3.8) is 0 Å². The third-order valence-electron chi connectivity index (χ3n) is 3.73. The molecule has 0 atom stereocenters. The van der Waals surface area contributed by atoms with Gasteiger partial charge in [0.25, 0.3) is 0 Å². The zero-order valence-electron chi connectivity index (χ0n) is 11.9. The van der Waals surface area contributed by atoms with E-state index in [9.17, 15) is 9.18 Å². The van der Waals surface area contributed by atoms with Gasteiger partial charge in [0.15, 0.2) is 0 Å². The summed E-state index contributed by atoms with van der Waals surface area (Å²) >= 11 is 0. The Labute approximate surface area is 127 Å². The third-order valence-corrected chi connectivity index (χ3v) is 3.73. The van der Waals surface area contributed by atoms with Crippen LogP contribution in [0.2, 0.25) is 0 Å². The summed E-state index contributed by atoms with van der Waals surface area (Å²) in [5, 5.41) is 8.98. The number of fused-ring (bicyclic) bond motifs is 1. The van der Waals surface area contributed by atoms with Crippen LogP contribution in [0.4, 0.5) is 4.39 Å². The van der Waals surface area contributed by atoms with Crippen LogP contribution >= 0.6 is 0 Å². The highest BCUT2D eigenvalue weighted by Crippen LogP contribution is 2.34. The summed E-state index contributed by atoms with van der Waals surface area (Å²) in [4.78, 5) is 11.0. The maximum absolute atomic E-state index is 14.1. The first-order valence-corrected chi connectivity index (χ1v) is 7.07. The summed E-state index contributed by atoms with van der Waals surface area (Å²) in [6.45, 7) is 0.443. The minimum absolute atomic E-state index is 0.148. The van der Waals surface area contributed by atoms with Crippen LogP contribution in [-0.4, -0.2) is 11.1 Å². The SMILES string of the molecule is O=C(O)C1=C(F)c2ccc(OCc3ccccc3)cc2CC1. The predicted molar refractivity (Wildman–Crippen MR) is 81.2 cm³/mol. The van der Waals surface area contributed by atoms with Crippen molar-refractivity contribution in [3.05, 3.63) is 70.8 Å². The highest BCUT2D eigenvalue weighted by molar-refractivity contribution is 5.96. The number of rotatable bonds is 4. The van der Waals surface area contributed by atoms with Crippen molar-refractivity contribution >= 4 is 11.8 Å². The monoisotopic (exact) mass is 298 g/mol. The molecule has 0 aliphatic heterocycles. The van der Waals surface area contributed by atoms with E-state index in [-0.39, 0.29) is 12.0 Å². The van der Waals surface area contributed by atoms with E-state index in [0.717, 1.165) is 11.1 Å². The van der Waals surface area contributed by atoms with E-state index in [1.165, 1.54) is 0 Å². The summed E-state index contributed by atoms with van der Waals surface area (Å²) in [5.74, 6) is -1.16. The van der Waals surface area contributed by atoms with Crippen LogP contribution in [0.15, 0.2) is 54.1 Å². The van der Waals surface area contributed by atoms with Gasteiger partial charge in [0.2, 0.25) is 0 Å². The highest BCUT2D eigenvalue weighted by Gasteiger charge is 2.23. The number of carbonyl (C=O) groups is 1. The van der Waals surface area contributed by atoms with Crippen molar-refractivity contribution in [3.8, 4) is 5.75 Å². The molecule has 0 spiro atoms. The maximum Gasteiger partial charge on any atom is 0.334 e. The molecule has 0 fully saturated rings. The Hall–Kier alpha value is -2.62. The average Bonchev–Trinajstić information content (AvgIpc) is 2.54. The molecule has 4 heteroatoms. The first kappa shape index (κ1) is 14.3. The van der Waals surface area contributed by atoms with Crippen molar-refractivity contribution in [1.82, 2.24) is 0 Å². The summed E-state index contributed by atoms with van der Waals surface area (Å²) in [7, 11) is 0. The number of benzene rings is 2. The molecular formula is C18H15FO3. The molecule has 112 valence electrons. The smallest absolute Gasteiger partial charge is 0.334 e. The number of hydrogen-bond donors (Lipinski definition) is 1. The molecule has 2 aromatic rings. The van der Waals surface area contributed by atoms with Crippen molar-refractivity contribution in [2.45, 2.75) is 19.4 Å². The van der Waals surface area contributed by atoms with Crippen molar-refractivity contribution < 1.29 is 19.0 Å². The molecule has 0 aromatic heterocycles. The minimum atomic E-state index is -1.19. The first-order chi connectivity index (χ1) is 10.6. The molecule has 3 rings (SSSR count). The van der Waals surface area contributed by atoms with E-state index in [4.69, 9.17) is 9.84 Å². The molecule has 0 saturated carbocycles. The summed E-state index contributed by atoms with van der Waals surface area (Å²) in [6, 6.07) is 14.8. The van der Waals surface area contributed by atoms with Gasteiger partial charge in [-0.05, 0) is 42.2 Å². The number of aryl methyl sites for hydroxylation is 1. The lowest BCUT2D eigenvalue weighted by molar-refractivity contribution is -0.132. The molecule has 2 aromatic carbocycles. The quantitative estimate of drug-likeness (QED) is 0.928. The van der Waals surface area contributed by atoms with Crippen LogP contribution in [0.1, 0.15) is 23.1 Å². The van der Waals surface area contributed by atoms with E-state index in [1.54, 1.807) is 18.2 Å². The molecule has 0 bridgehead atoms. The number of hydrogen-bond acceptors (Lipinski definition) is 2. The Morgan fingerprint density at radius 2 is 1.91 bits per heavy atom. The lowest BCUT2D eigenvalue weighted by atomic mass is 9.91. The molecule has 0 saturated heterocycles. The normalized spacial score (nSPS) is 13.7. The van der Waals surface area contributed by atoms with E-state index >= 15 is 0 Å². The molecule has 0 heterocycles. The van der Waals surface area contributed by atoms with Crippen LogP contribution in [-0.2, 0) is 17.8 Å². The Morgan fingerprint density at radius 1 is 1.14 bits per heavy atom. The van der Waals surface area contributed by atoms with Crippen LogP contribution in [0.25, 0.3) is 5.83 Å². The number of aliphatic carboxylic acids is 1. The second-order valence-corrected chi connectivity index (χ2v) is 5.19. The third kappa shape index (κ3) is 2.86. The minimum Gasteiger partial charge on any atom is -0.489 e. The topological polar surface area (TPSA) is 46.5 Å². The fourth-order valence-corrected chi connectivity index (χ4v) is 2.55. The van der Waals surface area contributed by atoms with Gasteiger partial charge < -0.3 is 9.84 Å². The van der Waals surface area contributed by atoms with E-state index in [0.29, 0.717) is 24.3 Å². The van der Waals surface area contributed by atoms with Crippen molar-refractivity contribution in [2.24, 2.45) is 0 Å². The molecule has 1 N–H and O–H groups in total. The second kappa shape index (κ2) is 6.02. The zero-order valence-corrected chi connectivity index (χ0v) is 11.9. The van der Waals surface area contributed by atoms with Crippen molar-refractivity contribution in [2.75, 3.05) is 0 Å². The Morgan fingerprint density at radius 3 is 2.64 bits per heavy atom. The lowest BCUT2D eigenvalue weighted by Crippen LogP contribution is -2.10. The second-order valence-electron chi connectivity index (χ2n) is 5.19. The fraction of sp³-hybridized carbons (Fsp3) is 0.167. The molecular weight excluding hydrogens is 283 g/mol. The van der Waals surface area contributed by atoms with Gasteiger partial charge in [-0.25, -0.2) is 9.18 Å². The molecule has 1 aliphatic carbocycles. The van der Waals surface area contributed by atoms with Gasteiger partial charge in [-0.1, -0.05) is 30.3 Å². The molecule has 3 nitrogen and oxygen atoms in total. The lowest BCUT2D eigenvalue weighted by Gasteiger charge is -2.17. The molecule has 0 unspecified atom stereocenters. The molecule has 1 aliphatic rings. The summed E-state index contributed by atoms with van der Waals surface area (Å²) in [6.07, 6.45) is 0.712. The molecule has 0 amide bonds. The fourth-order valence-electron chi connectivity index (χ4n) is 2.55. The predicted octanol–water partition coefficient (Wildman–Crippen LogP) is 3.98. The average molecular weight is 298 g/mol. The Bertz CT molecular complexity index is 735. The van der Waals surface area contributed by atoms with Gasteiger partial charge in [-0.3, -0.25) is 0 Å². The largest absolute Gasteiger partial charge is 0.489 e. The van der Waals surface area contributed by atoms with Gasteiger partial charge in [0.1, 0.15) is 18.2 Å². The number of ether oxygens (including phenoxy) is 1. The highest BCUT2D eigenvalue weighted by atomic mass is 19.1. The van der Waals surface area contributed by atoms with Gasteiger partial charge in [-0.2, -0.15) is 0 Å². The zero-order chi connectivity index (χ0) is 15.5. The molecule has 22 heavy (non-hydrogen) atoms. The van der Waals surface area contributed by atoms with Crippen LogP contribution < -0.4 is 4.74 Å². The van der Waals surface area contributed by atoms with Gasteiger partial charge in [-0.15, -0.1) is 0 Å². The standard InChI is InChI=1S/C18H15FO3/c19-17-15-9-7-14(22-11-12-4-2-1-3-5-12)10-13(15)6-8-16(17)18(20)21/h1-5,7,9-10H,6,8,11H2,(H,20,21). The van der Waals surface area contributed by atoms with E-state index < -0.39 is 11.8 Å². The van der Waals surface area contributed by atoms with Gasteiger partial charge in [0.05, 0.1) is 5.57 Å².